The van der Waals surface area contributed by atoms with Crippen LogP contribution in [0.4, 0.5) is 0 Å². The molecule has 21 heavy (non-hydrogen) atoms. The predicted molar refractivity (Wildman–Crippen MR) is 85.3 cm³/mol. The number of amides is 1. The number of likely N-dealkylation sites (tertiary alicyclic amines) is 1. The Morgan fingerprint density at radius 2 is 2.29 bits per heavy atom. The lowest BCUT2D eigenvalue weighted by Crippen LogP contribution is -2.41. The molecule has 1 amide bonds. The number of halogens is 2. The molecule has 0 aliphatic carbocycles. The quantitative estimate of drug-likeness (QED) is 0.872. The highest BCUT2D eigenvalue weighted by molar-refractivity contribution is 6.36. The van der Waals surface area contributed by atoms with Crippen LogP contribution in [0, 0.1) is 0 Å². The van der Waals surface area contributed by atoms with Gasteiger partial charge in [0.05, 0.1) is 17.2 Å². The summed E-state index contributed by atoms with van der Waals surface area (Å²) in [6, 6.07) is 5.27. The summed E-state index contributed by atoms with van der Waals surface area (Å²) in [6.07, 6.45) is 2.25. The largest absolute Gasteiger partial charge is 0.383 e. The van der Waals surface area contributed by atoms with E-state index in [1.54, 1.807) is 25.3 Å². The highest BCUT2D eigenvalue weighted by Gasteiger charge is 2.24. The first-order valence-electron chi connectivity index (χ1n) is 7.08. The zero-order chi connectivity index (χ0) is 15.2. The van der Waals surface area contributed by atoms with Crippen molar-refractivity contribution in [2.45, 2.75) is 18.9 Å². The lowest BCUT2D eigenvalue weighted by molar-refractivity contribution is 0.0933. The van der Waals surface area contributed by atoms with Gasteiger partial charge in [-0.3, -0.25) is 9.69 Å². The van der Waals surface area contributed by atoms with Crippen LogP contribution in [0.5, 0.6) is 0 Å². The Morgan fingerprint density at radius 3 is 3.00 bits per heavy atom. The molecule has 1 aliphatic heterocycles. The number of nitrogens with zero attached hydrogens (tertiary/aromatic N) is 1. The molecule has 0 bridgehead atoms. The van der Waals surface area contributed by atoms with Crippen molar-refractivity contribution in [3.8, 4) is 0 Å². The fourth-order valence-electron chi connectivity index (χ4n) is 2.61. The molecule has 1 aromatic carbocycles. The molecule has 0 saturated carbocycles. The van der Waals surface area contributed by atoms with Gasteiger partial charge in [-0.15, -0.1) is 0 Å². The van der Waals surface area contributed by atoms with Crippen molar-refractivity contribution in [2.24, 2.45) is 0 Å². The fourth-order valence-corrected chi connectivity index (χ4v) is 3.10. The van der Waals surface area contributed by atoms with Gasteiger partial charge in [0.2, 0.25) is 0 Å². The molecule has 1 N–H and O–H groups in total. The minimum absolute atomic E-state index is 0.157. The summed E-state index contributed by atoms with van der Waals surface area (Å²) in [7, 11) is 1.70. The van der Waals surface area contributed by atoms with E-state index in [0.717, 1.165) is 25.9 Å². The molecule has 1 aliphatic rings. The molecule has 4 nitrogen and oxygen atoms in total. The van der Waals surface area contributed by atoms with Crippen LogP contribution in [0.1, 0.15) is 23.2 Å². The standard InChI is InChI=1S/C15H20Cl2N2O2/c1-21-8-7-19-6-2-3-12(19)10-18-15(20)13-5-4-11(16)9-14(13)17/h4-5,9,12H,2-3,6-8,10H2,1H3,(H,18,20)/t12-/m0/s1. The van der Waals surface area contributed by atoms with Crippen LogP contribution in [0.2, 0.25) is 10.0 Å². The number of carbonyl (C=O) groups is 1. The van der Waals surface area contributed by atoms with Gasteiger partial charge < -0.3 is 10.1 Å². The Kier molecular flexibility index (Phi) is 6.30. The van der Waals surface area contributed by atoms with E-state index in [4.69, 9.17) is 27.9 Å². The van der Waals surface area contributed by atoms with E-state index in [-0.39, 0.29) is 5.91 Å². The van der Waals surface area contributed by atoms with Crippen LogP contribution in [-0.2, 0) is 4.74 Å². The monoisotopic (exact) mass is 330 g/mol. The number of nitrogens with one attached hydrogen (secondary N) is 1. The summed E-state index contributed by atoms with van der Waals surface area (Å²) in [6.45, 7) is 3.30. The summed E-state index contributed by atoms with van der Waals surface area (Å²) < 4.78 is 5.11. The maximum Gasteiger partial charge on any atom is 0.252 e. The average Bonchev–Trinajstić information content (AvgIpc) is 2.90. The maximum absolute atomic E-state index is 12.2. The zero-order valence-electron chi connectivity index (χ0n) is 12.1. The third-order valence-corrected chi connectivity index (χ3v) is 4.30. The predicted octanol–water partition coefficient (Wildman–Crippen LogP) is 2.83. The maximum atomic E-state index is 12.2. The number of hydrogen-bond acceptors (Lipinski definition) is 3. The molecular weight excluding hydrogens is 311 g/mol. The molecule has 0 unspecified atom stereocenters. The molecule has 6 heteroatoms. The highest BCUT2D eigenvalue weighted by Crippen LogP contribution is 2.21. The molecule has 0 radical (unpaired) electrons. The third-order valence-electron chi connectivity index (χ3n) is 3.76. The Morgan fingerprint density at radius 1 is 1.48 bits per heavy atom. The smallest absolute Gasteiger partial charge is 0.252 e. The second kappa shape index (κ2) is 7.99. The van der Waals surface area contributed by atoms with E-state index in [0.29, 0.717) is 34.8 Å². The molecule has 1 heterocycles. The molecular formula is C15H20Cl2N2O2. The van der Waals surface area contributed by atoms with Crippen molar-refractivity contribution >= 4 is 29.1 Å². The van der Waals surface area contributed by atoms with Crippen molar-refractivity contribution in [3.63, 3.8) is 0 Å². The summed E-state index contributed by atoms with van der Waals surface area (Å²) in [5, 5.41) is 3.86. The first kappa shape index (κ1) is 16.6. The fraction of sp³-hybridized carbons (Fsp3) is 0.533. The van der Waals surface area contributed by atoms with E-state index < -0.39 is 0 Å². The Labute approximate surface area is 135 Å². The van der Waals surface area contributed by atoms with Gasteiger partial charge >= 0.3 is 0 Å². The number of rotatable bonds is 6. The SMILES string of the molecule is COCCN1CCC[C@H]1CNC(=O)c1ccc(Cl)cc1Cl. The van der Waals surface area contributed by atoms with Crippen LogP contribution in [0.15, 0.2) is 18.2 Å². The van der Waals surface area contributed by atoms with Gasteiger partial charge in [0.25, 0.3) is 5.91 Å². The summed E-state index contributed by atoms with van der Waals surface area (Å²) in [4.78, 5) is 14.5. The molecule has 1 aromatic rings. The van der Waals surface area contributed by atoms with E-state index in [9.17, 15) is 4.79 Å². The second-order valence-corrected chi connectivity index (χ2v) is 6.00. The zero-order valence-corrected chi connectivity index (χ0v) is 13.6. The Bertz CT molecular complexity index is 497. The molecule has 1 saturated heterocycles. The van der Waals surface area contributed by atoms with Crippen LogP contribution >= 0.6 is 23.2 Å². The van der Waals surface area contributed by atoms with Gasteiger partial charge in [-0.2, -0.15) is 0 Å². The number of hydrogen-bond donors (Lipinski definition) is 1. The van der Waals surface area contributed by atoms with Gasteiger partial charge in [-0.1, -0.05) is 23.2 Å². The lowest BCUT2D eigenvalue weighted by Gasteiger charge is -2.24. The minimum atomic E-state index is -0.157. The van der Waals surface area contributed by atoms with Gasteiger partial charge in [0.1, 0.15) is 0 Å². The molecule has 1 fully saturated rings. The van der Waals surface area contributed by atoms with Gasteiger partial charge in [-0.05, 0) is 37.6 Å². The molecule has 1 atom stereocenters. The number of carbonyl (C=O) groups excluding carboxylic acids is 1. The van der Waals surface area contributed by atoms with Gasteiger partial charge in [-0.25, -0.2) is 0 Å². The van der Waals surface area contributed by atoms with Crippen LogP contribution < -0.4 is 5.32 Å². The van der Waals surface area contributed by atoms with Gasteiger partial charge in [0.15, 0.2) is 0 Å². The first-order chi connectivity index (χ1) is 10.1. The van der Waals surface area contributed by atoms with Crippen molar-refractivity contribution in [1.29, 1.82) is 0 Å². The Hall–Kier alpha value is -0.810. The summed E-state index contributed by atoms with van der Waals surface area (Å²) in [5.41, 5.74) is 0.461. The second-order valence-electron chi connectivity index (χ2n) is 5.16. The van der Waals surface area contributed by atoms with Crippen molar-refractivity contribution in [2.75, 3.05) is 33.4 Å². The Balaban J connectivity index is 1.88. The molecule has 0 spiro atoms. The van der Waals surface area contributed by atoms with Crippen LogP contribution in [-0.4, -0.2) is 50.2 Å². The van der Waals surface area contributed by atoms with E-state index >= 15 is 0 Å². The third kappa shape index (κ3) is 4.58. The summed E-state index contributed by atoms with van der Waals surface area (Å²) in [5.74, 6) is -0.157. The van der Waals surface area contributed by atoms with E-state index in [2.05, 4.69) is 10.2 Å². The highest BCUT2D eigenvalue weighted by atomic mass is 35.5. The van der Waals surface area contributed by atoms with Crippen molar-refractivity contribution < 1.29 is 9.53 Å². The molecule has 0 aromatic heterocycles. The number of benzene rings is 1. The average molecular weight is 331 g/mol. The van der Waals surface area contributed by atoms with Gasteiger partial charge in [0, 0.05) is 31.3 Å². The van der Waals surface area contributed by atoms with Crippen LogP contribution in [0.25, 0.3) is 0 Å². The molecule has 116 valence electrons. The summed E-state index contributed by atoms with van der Waals surface area (Å²) >= 11 is 11.9. The van der Waals surface area contributed by atoms with Crippen LogP contribution in [0.3, 0.4) is 0 Å². The first-order valence-corrected chi connectivity index (χ1v) is 7.83. The topological polar surface area (TPSA) is 41.6 Å². The van der Waals surface area contributed by atoms with Crippen molar-refractivity contribution in [3.05, 3.63) is 33.8 Å². The lowest BCUT2D eigenvalue weighted by atomic mass is 10.2. The van der Waals surface area contributed by atoms with E-state index in [1.165, 1.54) is 0 Å². The van der Waals surface area contributed by atoms with Crippen molar-refractivity contribution in [1.82, 2.24) is 10.2 Å². The molecule has 2 rings (SSSR count). The normalized spacial score (nSPS) is 18.9. The van der Waals surface area contributed by atoms with E-state index in [1.807, 2.05) is 0 Å². The minimum Gasteiger partial charge on any atom is -0.383 e. The number of ether oxygens (including phenoxy) is 1. The number of methoxy groups -OCH3 is 1.